The predicted molar refractivity (Wildman–Crippen MR) is 121 cm³/mol. The van der Waals surface area contributed by atoms with Gasteiger partial charge in [0.1, 0.15) is 11.4 Å². The van der Waals surface area contributed by atoms with Crippen LogP contribution in [0.2, 0.25) is 0 Å². The summed E-state index contributed by atoms with van der Waals surface area (Å²) in [6.45, 7) is 6.14. The Morgan fingerprint density at radius 2 is 1.77 bits per heavy atom. The molecule has 0 bridgehead atoms. The van der Waals surface area contributed by atoms with Crippen LogP contribution in [0.3, 0.4) is 0 Å². The van der Waals surface area contributed by atoms with E-state index < -0.39 is 4.92 Å². The minimum Gasteiger partial charge on any atom is -0.494 e. The molecule has 0 atom stereocenters. The van der Waals surface area contributed by atoms with Gasteiger partial charge in [-0.2, -0.15) is 0 Å². The molecule has 0 aliphatic carbocycles. The number of anilines is 1. The van der Waals surface area contributed by atoms with Crippen LogP contribution < -0.4 is 9.64 Å². The van der Waals surface area contributed by atoms with Crippen molar-refractivity contribution in [3.8, 4) is 5.75 Å². The SMILES string of the molecule is CCOc1ccc(N=Cc2ccc(N(CC)Cc3ccccc3)cc2)c([N+](=O)[O-])c1. The zero-order valence-electron chi connectivity index (χ0n) is 17.2. The molecule has 0 fully saturated rings. The summed E-state index contributed by atoms with van der Waals surface area (Å²) in [4.78, 5) is 17.5. The van der Waals surface area contributed by atoms with Crippen LogP contribution in [0, 0.1) is 10.1 Å². The smallest absolute Gasteiger partial charge is 0.298 e. The molecule has 0 N–H and O–H groups in total. The van der Waals surface area contributed by atoms with Gasteiger partial charge in [-0.1, -0.05) is 42.5 Å². The highest BCUT2D eigenvalue weighted by molar-refractivity contribution is 5.84. The number of ether oxygens (including phenoxy) is 1. The maximum absolute atomic E-state index is 11.4. The van der Waals surface area contributed by atoms with Crippen LogP contribution in [0.4, 0.5) is 17.1 Å². The summed E-state index contributed by atoms with van der Waals surface area (Å²) >= 11 is 0. The van der Waals surface area contributed by atoms with E-state index in [1.54, 1.807) is 18.3 Å². The Morgan fingerprint density at radius 1 is 1.03 bits per heavy atom. The quantitative estimate of drug-likeness (QED) is 0.258. The first kappa shape index (κ1) is 21.0. The minimum atomic E-state index is -0.443. The summed E-state index contributed by atoms with van der Waals surface area (Å²) in [5.74, 6) is 0.463. The number of rotatable bonds is 9. The van der Waals surface area contributed by atoms with Crippen molar-refractivity contribution in [2.45, 2.75) is 20.4 Å². The monoisotopic (exact) mass is 403 g/mol. The van der Waals surface area contributed by atoms with Crippen molar-refractivity contribution in [3.63, 3.8) is 0 Å². The summed E-state index contributed by atoms with van der Waals surface area (Å²) in [6.07, 6.45) is 1.64. The van der Waals surface area contributed by atoms with Gasteiger partial charge in [-0.25, -0.2) is 4.99 Å². The molecule has 0 aliphatic heterocycles. The van der Waals surface area contributed by atoms with E-state index in [1.807, 2.05) is 49.4 Å². The molecule has 0 heterocycles. The molecular formula is C24H25N3O3. The van der Waals surface area contributed by atoms with E-state index in [1.165, 1.54) is 11.6 Å². The lowest BCUT2D eigenvalue weighted by molar-refractivity contribution is -0.384. The highest BCUT2D eigenvalue weighted by atomic mass is 16.6. The van der Waals surface area contributed by atoms with Gasteiger partial charge in [0.15, 0.2) is 0 Å². The average Bonchev–Trinajstić information content (AvgIpc) is 2.78. The Morgan fingerprint density at radius 3 is 2.40 bits per heavy atom. The molecule has 3 aromatic rings. The zero-order valence-corrected chi connectivity index (χ0v) is 17.2. The average molecular weight is 403 g/mol. The third-order valence-electron chi connectivity index (χ3n) is 4.66. The zero-order chi connectivity index (χ0) is 21.3. The molecule has 0 amide bonds. The highest BCUT2D eigenvalue weighted by Gasteiger charge is 2.14. The Hall–Kier alpha value is -3.67. The van der Waals surface area contributed by atoms with Gasteiger partial charge in [0.25, 0.3) is 5.69 Å². The molecule has 30 heavy (non-hydrogen) atoms. The first-order chi connectivity index (χ1) is 14.6. The number of aliphatic imine (C=N–C) groups is 1. The lowest BCUT2D eigenvalue weighted by atomic mass is 10.1. The van der Waals surface area contributed by atoms with Crippen LogP contribution in [0.1, 0.15) is 25.0 Å². The van der Waals surface area contributed by atoms with E-state index in [0.29, 0.717) is 18.0 Å². The molecule has 0 radical (unpaired) electrons. The maximum Gasteiger partial charge on any atom is 0.298 e. The van der Waals surface area contributed by atoms with Crippen molar-refractivity contribution in [2.24, 2.45) is 4.99 Å². The molecule has 0 saturated heterocycles. The first-order valence-electron chi connectivity index (χ1n) is 9.95. The van der Waals surface area contributed by atoms with Crippen LogP contribution in [0.5, 0.6) is 5.75 Å². The van der Waals surface area contributed by atoms with Gasteiger partial charge in [0.2, 0.25) is 0 Å². The van der Waals surface area contributed by atoms with Gasteiger partial charge in [-0.3, -0.25) is 10.1 Å². The van der Waals surface area contributed by atoms with Crippen molar-refractivity contribution in [1.29, 1.82) is 0 Å². The molecule has 6 nitrogen and oxygen atoms in total. The number of hydrogen-bond donors (Lipinski definition) is 0. The van der Waals surface area contributed by atoms with Crippen molar-refractivity contribution in [1.82, 2.24) is 0 Å². The fourth-order valence-electron chi connectivity index (χ4n) is 3.12. The Bertz CT molecular complexity index is 1000. The van der Waals surface area contributed by atoms with Gasteiger partial charge in [-0.15, -0.1) is 0 Å². The van der Waals surface area contributed by atoms with Crippen LogP contribution in [0.15, 0.2) is 77.8 Å². The summed E-state index contributed by atoms with van der Waals surface area (Å²) in [6, 6.07) is 23.1. The number of nitro groups is 1. The third-order valence-corrected chi connectivity index (χ3v) is 4.66. The van der Waals surface area contributed by atoms with E-state index in [4.69, 9.17) is 4.74 Å². The summed E-state index contributed by atoms with van der Waals surface area (Å²) in [7, 11) is 0. The minimum absolute atomic E-state index is 0.0751. The van der Waals surface area contributed by atoms with E-state index in [2.05, 4.69) is 28.9 Å². The number of benzene rings is 3. The molecule has 3 rings (SSSR count). The summed E-state index contributed by atoms with van der Waals surface area (Å²) < 4.78 is 5.34. The third kappa shape index (κ3) is 5.44. The van der Waals surface area contributed by atoms with Crippen LogP contribution >= 0.6 is 0 Å². The summed E-state index contributed by atoms with van der Waals surface area (Å²) in [5, 5.41) is 11.4. The highest BCUT2D eigenvalue weighted by Crippen LogP contribution is 2.31. The van der Waals surface area contributed by atoms with Crippen molar-refractivity contribution >= 4 is 23.3 Å². The largest absolute Gasteiger partial charge is 0.494 e. The second-order valence-corrected chi connectivity index (χ2v) is 6.69. The van der Waals surface area contributed by atoms with Crippen molar-refractivity contribution in [2.75, 3.05) is 18.1 Å². The molecule has 3 aromatic carbocycles. The molecular weight excluding hydrogens is 378 g/mol. The van der Waals surface area contributed by atoms with Crippen molar-refractivity contribution < 1.29 is 9.66 Å². The standard InChI is InChI=1S/C24H25N3O3/c1-3-26(18-20-8-6-5-7-9-20)21-12-10-19(11-13-21)17-25-23-15-14-22(30-4-2)16-24(23)27(28)29/h5-17H,3-4,18H2,1-2H3. The fourth-order valence-corrected chi connectivity index (χ4v) is 3.12. The predicted octanol–water partition coefficient (Wildman–Crippen LogP) is 5.77. The Balaban J connectivity index is 1.75. The molecule has 0 aliphatic rings. The Labute approximate surface area is 176 Å². The number of nitrogens with zero attached hydrogens (tertiary/aromatic N) is 3. The van der Waals surface area contributed by atoms with E-state index in [9.17, 15) is 10.1 Å². The molecule has 0 saturated carbocycles. The van der Waals surface area contributed by atoms with Crippen LogP contribution in [-0.4, -0.2) is 24.3 Å². The number of hydrogen-bond acceptors (Lipinski definition) is 5. The van der Waals surface area contributed by atoms with Gasteiger partial charge >= 0.3 is 0 Å². The topological polar surface area (TPSA) is 68.0 Å². The van der Waals surface area contributed by atoms with Crippen LogP contribution in [0.25, 0.3) is 0 Å². The van der Waals surface area contributed by atoms with E-state index in [-0.39, 0.29) is 5.69 Å². The second kappa shape index (κ2) is 10.2. The van der Waals surface area contributed by atoms with Gasteiger partial charge in [0, 0.05) is 25.0 Å². The number of nitro benzene ring substituents is 1. The molecule has 0 aromatic heterocycles. The molecule has 6 heteroatoms. The van der Waals surface area contributed by atoms with Gasteiger partial charge in [-0.05, 0) is 49.2 Å². The molecule has 0 spiro atoms. The lowest BCUT2D eigenvalue weighted by Crippen LogP contribution is -2.21. The van der Waals surface area contributed by atoms with Crippen molar-refractivity contribution in [3.05, 3.63) is 94.0 Å². The summed E-state index contributed by atoms with van der Waals surface area (Å²) in [5.41, 5.74) is 3.47. The Kier molecular flexibility index (Phi) is 7.16. The van der Waals surface area contributed by atoms with E-state index >= 15 is 0 Å². The molecule has 0 unspecified atom stereocenters. The first-order valence-corrected chi connectivity index (χ1v) is 9.95. The van der Waals surface area contributed by atoms with Gasteiger partial charge < -0.3 is 9.64 Å². The fraction of sp³-hybridized carbons (Fsp3) is 0.208. The lowest BCUT2D eigenvalue weighted by Gasteiger charge is -2.23. The van der Waals surface area contributed by atoms with Crippen LogP contribution in [-0.2, 0) is 6.54 Å². The second-order valence-electron chi connectivity index (χ2n) is 6.69. The molecule has 154 valence electrons. The van der Waals surface area contributed by atoms with E-state index in [0.717, 1.165) is 24.3 Å². The normalized spacial score (nSPS) is 10.9. The maximum atomic E-state index is 11.4. The van der Waals surface area contributed by atoms with Gasteiger partial charge in [0.05, 0.1) is 17.6 Å².